The first-order chi connectivity index (χ1) is 13.5. The number of nitrogens with one attached hydrogen (secondary N) is 1. The number of pyridine rings is 2. The highest BCUT2D eigenvalue weighted by Crippen LogP contribution is 2.47. The fourth-order valence-electron chi connectivity index (χ4n) is 3.32. The van der Waals surface area contributed by atoms with Crippen molar-refractivity contribution >= 4 is 35.0 Å². The molecular formula is C18H14ClN5O4. The summed E-state index contributed by atoms with van der Waals surface area (Å²) >= 11 is 6.00. The van der Waals surface area contributed by atoms with E-state index in [0.29, 0.717) is 16.9 Å². The molecule has 0 bridgehead atoms. The Hall–Kier alpha value is -3.59. The highest BCUT2D eigenvalue weighted by atomic mass is 35.5. The molecule has 1 amide bonds. The van der Waals surface area contributed by atoms with Crippen molar-refractivity contribution < 1.29 is 19.1 Å². The normalized spacial score (nSPS) is 16.3. The number of hydrogen-bond acceptors (Lipinski definition) is 7. The maximum atomic E-state index is 12.5. The van der Waals surface area contributed by atoms with Crippen LogP contribution in [0.25, 0.3) is 0 Å². The third-order valence-electron chi connectivity index (χ3n) is 4.44. The second kappa shape index (κ2) is 6.86. The van der Waals surface area contributed by atoms with Gasteiger partial charge in [-0.2, -0.15) is 0 Å². The number of aromatic carboxylic acids is 1. The molecule has 1 aliphatic rings. The van der Waals surface area contributed by atoms with Gasteiger partial charge >= 0.3 is 5.97 Å². The number of amides is 1. The first-order valence-corrected chi connectivity index (χ1v) is 8.55. The topological polar surface area (TPSA) is 135 Å². The average molecular weight is 400 g/mol. The number of nitrogens with zero attached hydrogens (tertiary/aromatic N) is 3. The number of carbonyl (C=O) groups is 2. The average Bonchev–Trinajstić information content (AvgIpc) is 3.29. The zero-order valence-corrected chi connectivity index (χ0v) is 15.0. The van der Waals surface area contributed by atoms with Gasteiger partial charge in [0.1, 0.15) is 17.4 Å². The third kappa shape index (κ3) is 2.91. The fourth-order valence-corrected chi connectivity index (χ4v) is 3.51. The van der Waals surface area contributed by atoms with Gasteiger partial charge in [0.15, 0.2) is 5.82 Å². The quantitative estimate of drug-likeness (QED) is 0.557. The van der Waals surface area contributed by atoms with Gasteiger partial charge in [0.2, 0.25) is 5.91 Å². The van der Waals surface area contributed by atoms with Gasteiger partial charge in [-0.1, -0.05) is 11.6 Å². The molecule has 9 nitrogen and oxygen atoms in total. The molecule has 0 saturated heterocycles. The molecule has 0 aromatic carbocycles. The van der Waals surface area contributed by atoms with Crippen LogP contribution in [0.3, 0.4) is 0 Å². The molecule has 10 heteroatoms. The number of nitrogens with two attached hydrogens (primary N) is 1. The van der Waals surface area contributed by atoms with E-state index in [1.54, 1.807) is 17.0 Å². The number of aromatic nitrogens is 2. The van der Waals surface area contributed by atoms with Crippen LogP contribution in [0.1, 0.15) is 33.7 Å². The summed E-state index contributed by atoms with van der Waals surface area (Å²) in [6.07, 6.45) is 5.17. The van der Waals surface area contributed by atoms with Crippen LogP contribution in [0.15, 0.2) is 53.6 Å². The number of halogens is 1. The molecule has 0 saturated carbocycles. The Morgan fingerprint density at radius 1 is 1.29 bits per heavy atom. The maximum Gasteiger partial charge on any atom is 0.338 e. The number of carboxylic acids is 1. The van der Waals surface area contributed by atoms with Crippen LogP contribution >= 0.6 is 11.6 Å². The zero-order valence-electron chi connectivity index (χ0n) is 14.2. The lowest BCUT2D eigenvalue weighted by atomic mass is 10.0. The van der Waals surface area contributed by atoms with E-state index >= 15 is 0 Å². The first kappa shape index (κ1) is 17.8. The van der Waals surface area contributed by atoms with Crippen molar-refractivity contribution in [3.8, 4) is 0 Å². The lowest BCUT2D eigenvalue weighted by Crippen LogP contribution is -2.40. The Labute approximate surface area is 163 Å². The van der Waals surface area contributed by atoms with Crippen molar-refractivity contribution in [2.45, 2.75) is 12.2 Å². The minimum absolute atomic E-state index is 0.0186. The molecule has 28 heavy (non-hydrogen) atoms. The lowest BCUT2D eigenvalue weighted by Gasteiger charge is -2.33. The van der Waals surface area contributed by atoms with Crippen molar-refractivity contribution in [1.82, 2.24) is 9.97 Å². The summed E-state index contributed by atoms with van der Waals surface area (Å²) in [6.45, 7) is 0. The molecule has 0 aliphatic carbocycles. The van der Waals surface area contributed by atoms with Gasteiger partial charge in [0, 0.05) is 18.0 Å². The molecule has 4 rings (SSSR count). The van der Waals surface area contributed by atoms with E-state index in [1.807, 2.05) is 0 Å². The summed E-state index contributed by atoms with van der Waals surface area (Å²) < 4.78 is 5.17. The van der Waals surface area contributed by atoms with Gasteiger partial charge < -0.3 is 25.5 Å². The van der Waals surface area contributed by atoms with Crippen molar-refractivity contribution in [2.75, 3.05) is 10.2 Å². The molecule has 142 valence electrons. The smallest absolute Gasteiger partial charge is 0.338 e. The van der Waals surface area contributed by atoms with Gasteiger partial charge in [-0.15, -0.1) is 0 Å². The summed E-state index contributed by atoms with van der Waals surface area (Å²) in [5.41, 5.74) is 7.10. The zero-order chi connectivity index (χ0) is 19.8. The molecule has 0 radical (unpaired) electrons. The van der Waals surface area contributed by atoms with Gasteiger partial charge in [0.05, 0.1) is 23.8 Å². The molecule has 0 fully saturated rings. The van der Waals surface area contributed by atoms with Gasteiger partial charge in [-0.05, 0) is 29.8 Å². The van der Waals surface area contributed by atoms with Crippen LogP contribution < -0.4 is 16.0 Å². The van der Waals surface area contributed by atoms with Crippen LogP contribution in [0.2, 0.25) is 5.15 Å². The Bertz CT molecular complexity index is 1060. The number of primary amides is 1. The monoisotopic (exact) mass is 399 g/mol. The standard InChI is InChI=1S/C18H14ClN5O4/c19-12-7-9(1-4-21-12)13(15(20)25)24-14-11(18(26)27)2-5-22-16(14)23-17(24)10-3-6-28-8-10/h1-8,13,17H,(H2,20,25)(H,22,23)(H,26,27). The van der Waals surface area contributed by atoms with Gasteiger partial charge in [-0.25, -0.2) is 14.8 Å². The number of carbonyl (C=O) groups excluding carboxylic acids is 1. The summed E-state index contributed by atoms with van der Waals surface area (Å²) in [4.78, 5) is 34.1. The summed E-state index contributed by atoms with van der Waals surface area (Å²) in [7, 11) is 0. The molecule has 2 atom stereocenters. The summed E-state index contributed by atoms with van der Waals surface area (Å²) in [5, 5.41) is 13.0. The van der Waals surface area contributed by atoms with Crippen molar-refractivity contribution in [3.63, 3.8) is 0 Å². The van der Waals surface area contributed by atoms with Crippen molar-refractivity contribution in [3.05, 3.63) is 71.0 Å². The predicted octanol–water partition coefficient (Wildman–Crippen LogP) is 2.58. The molecule has 2 unspecified atom stereocenters. The number of fused-ring (bicyclic) bond motifs is 1. The Kier molecular flexibility index (Phi) is 4.36. The highest BCUT2D eigenvalue weighted by molar-refractivity contribution is 6.29. The van der Waals surface area contributed by atoms with Gasteiger partial charge in [-0.3, -0.25) is 4.79 Å². The molecule has 3 aromatic heterocycles. The third-order valence-corrected chi connectivity index (χ3v) is 4.64. The lowest BCUT2D eigenvalue weighted by molar-refractivity contribution is -0.119. The Morgan fingerprint density at radius 3 is 2.71 bits per heavy atom. The number of anilines is 2. The van der Waals surface area contributed by atoms with E-state index in [2.05, 4.69) is 15.3 Å². The van der Waals surface area contributed by atoms with E-state index < -0.39 is 24.1 Å². The number of furan rings is 1. The molecule has 1 aliphatic heterocycles. The van der Waals surface area contributed by atoms with E-state index in [9.17, 15) is 14.7 Å². The van der Waals surface area contributed by atoms with E-state index in [4.69, 9.17) is 21.8 Å². The summed E-state index contributed by atoms with van der Waals surface area (Å²) in [6, 6.07) is 5.15. The summed E-state index contributed by atoms with van der Waals surface area (Å²) in [5.74, 6) is -1.53. The van der Waals surface area contributed by atoms with E-state index in [1.165, 1.54) is 37.1 Å². The van der Waals surface area contributed by atoms with E-state index in [0.717, 1.165) is 0 Å². The van der Waals surface area contributed by atoms with Crippen LogP contribution in [0, 0.1) is 0 Å². The first-order valence-electron chi connectivity index (χ1n) is 8.17. The van der Waals surface area contributed by atoms with Crippen molar-refractivity contribution in [2.24, 2.45) is 5.73 Å². The SMILES string of the molecule is NC(=O)C(c1ccnc(Cl)c1)N1c2c(C(=O)O)ccnc2NC1c1ccoc1. The van der Waals surface area contributed by atoms with E-state index in [-0.39, 0.29) is 16.4 Å². The highest BCUT2D eigenvalue weighted by Gasteiger charge is 2.42. The predicted molar refractivity (Wildman–Crippen MR) is 99.9 cm³/mol. The minimum atomic E-state index is -1.16. The van der Waals surface area contributed by atoms with Gasteiger partial charge in [0.25, 0.3) is 0 Å². The molecule has 0 spiro atoms. The number of hydrogen-bond donors (Lipinski definition) is 3. The molecule has 4 N–H and O–H groups in total. The largest absolute Gasteiger partial charge is 0.478 e. The number of rotatable bonds is 5. The van der Waals surface area contributed by atoms with Crippen molar-refractivity contribution in [1.29, 1.82) is 0 Å². The molecule has 3 aromatic rings. The van der Waals surface area contributed by atoms with Crippen LogP contribution in [0.5, 0.6) is 0 Å². The van der Waals surface area contributed by atoms with Crippen LogP contribution in [0.4, 0.5) is 11.5 Å². The fraction of sp³-hybridized carbons (Fsp3) is 0.111. The van der Waals surface area contributed by atoms with Crippen LogP contribution in [-0.2, 0) is 4.79 Å². The second-order valence-corrected chi connectivity index (χ2v) is 6.48. The Balaban J connectivity index is 1.94. The molecule has 4 heterocycles. The Morgan fingerprint density at radius 2 is 2.07 bits per heavy atom. The van der Waals surface area contributed by atoms with Crippen LogP contribution in [-0.4, -0.2) is 27.0 Å². The second-order valence-electron chi connectivity index (χ2n) is 6.09. The molecular weight excluding hydrogens is 386 g/mol. The minimum Gasteiger partial charge on any atom is -0.478 e. The maximum absolute atomic E-state index is 12.5. The number of carboxylic acid groups (broad SMARTS) is 1.